The molecule has 1 aromatic heterocycles. The lowest BCUT2D eigenvalue weighted by Gasteiger charge is -2.14. The van der Waals surface area contributed by atoms with Gasteiger partial charge in [-0.15, -0.1) is 0 Å². The molecule has 90 valence electrons. The molecule has 0 amide bonds. The molecule has 0 aliphatic rings. The van der Waals surface area contributed by atoms with Gasteiger partial charge in [-0.3, -0.25) is 4.98 Å². The SMILES string of the molecule is CC(C)CCCCNC(C)c1ccncc1. The zero-order chi connectivity index (χ0) is 11.8. The van der Waals surface area contributed by atoms with Crippen molar-refractivity contribution >= 4 is 0 Å². The minimum absolute atomic E-state index is 0.432. The van der Waals surface area contributed by atoms with Crippen molar-refractivity contribution in [2.45, 2.75) is 46.1 Å². The third-order valence-corrected chi connectivity index (χ3v) is 2.86. The van der Waals surface area contributed by atoms with Crippen LogP contribution in [0.5, 0.6) is 0 Å². The second-order valence-corrected chi connectivity index (χ2v) is 4.85. The van der Waals surface area contributed by atoms with Crippen LogP contribution in [0.2, 0.25) is 0 Å². The summed E-state index contributed by atoms with van der Waals surface area (Å²) in [6.45, 7) is 7.88. The quantitative estimate of drug-likeness (QED) is 0.711. The molecule has 0 saturated carbocycles. The van der Waals surface area contributed by atoms with E-state index in [0.29, 0.717) is 6.04 Å². The molecular formula is C14H24N2. The zero-order valence-electron chi connectivity index (χ0n) is 10.7. The molecular weight excluding hydrogens is 196 g/mol. The number of nitrogens with one attached hydrogen (secondary N) is 1. The summed E-state index contributed by atoms with van der Waals surface area (Å²) in [5, 5.41) is 3.54. The summed E-state index contributed by atoms with van der Waals surface area (Å²) in [5.74, 6) is 0.831. The number of unbranched alkanes of at least 4 members (excludes halogenated alkanes) is 1. The van der Waals surface area contributed by atoms with Crippen molar-refractivity contribution in [1.82, 2.24) is 10.3 Å². The Bertz CT molecular complexity index is 269. The number of hydrogen-bond acceptors (Lipinski definition) is 2. The summed E-state index contributed by atoms with van der Waals surface area (Å²) in [5.41, 5.74) is 1.32. The summed E-state index contributed by atoms with van der Waals surface area (Å²) in [7, 11) is 0. The van der Waals surface area contributed by atoms with Crippen molar-refractivity contribution in [2.75, 3.05) is 6.54 Å². The molecule has 0 aromatic carbocycles. The highest BCUT2D eigenvalue weighted by molar-refractivity contribution is 5.13. The van der Waals surface area contributed by atoms with E-state index >= 15 is 0 Å². The second-order valence-electron chi connectivity index (χ2n) is 4.85. The van der Waals surface area contributed by atoms with Crippen molar-refractivity contribution in [3.05, 3.63) is 30.1 Å². The van der Waals surface area contributed by atoms with Crippen LogP contribution in [0, 0.1) is 5.92 Å². The van der Waals surface area contributed by atoms with E-state index in [1.54, 1.807) is 0 Å². The highest BCUT2D eigenvalue weighted by Gasteiger charge is 2.03. The van der Waals surface area contributed by atoms with Gasteiger partial charge in [-0.25, -0.2) is 0 Å². The molecule has 1 unspecified atom stereocenters. The molecule has 1 heterocycles. The Labute approximate surface area is 99.5 Å². The average molecular weight is 220 g/mol. The number of rotatable bonds is 7. The van der Waals surface area contributed by atoms with Gasteiger partial charge in [0.05, 0.1) is 0 Å². The van der Waals surface area contributed by atoms with Gasteiger partial charge in [-0.05, 0) is 43.5 Å². The van der Waals surface area contributed by atoms with Crippen molar-refractivity contribution in [1.29, 1.82) is 0 Å². The Morgan fingerprint density at radius 3 is 2.44 bits per heavy atom. The molecule has 16 heavy (non-hydrogen) atoms. The second kappa shape index (κ2) is 7.39. The van der Waals surface area contributed by atoms with Crippen LogP contribution in [0.15, 0.2) is 24.5 Å². The van der Waals surface area contributed by atoms with Gasteiger partial charge in [-0.2, -0.15) is 0 Å². The standard InChI is InChI=1S/C14H24N2/c1-12(2)6-4-5-9-16-13(3)14-7-10-15-11-8-14/h7-8,10-13,16H,4-6,9H2,1-3H3. The summed E-state index contributed by atoms with van der Waals surface area (Å²) >= 11 is 0. The highest BCUT2D eigenvalue weighted by Crippen LogP contribution is 2.11. The summed E-state index contributed by atoms with van der Waals surface area (Å²) in [6, 6.07) is 4.58. The largest absolute Gasteiger partial charge is 0.310 e. The summed E-state index contributed by atoms with van der Waals surface area (Å²) < 4.78 is 0. The molecule has 0 fully saturated rings. The topological polar surface area (TPSA) is 24.9 Å². The minimum Gasteiger partial charge on any atom is -0.310 e. The summed E-state index contributed by atoms with van der Waals surface area (Å²) in [6.07, 6.45) is 7.64. The molecule has 0 spiro atoms. The fourth-order valence-corrected chi connectivity index (χ4v) is 1.77. The predicted molar refractivity (Wildman–Crippen MR) is 69.3 cm³/mol. The van der Waals surface area contributed by atoms with Crippen LogP contribution in [-0.4, -0.2) is 11.5 Å². The van der Waals surface area contributed by atoms with Gasteiger partial charge in [0, 0.05) is 18.4 Å². The highest BCUT2D eigenvalue weighted by atomic mass is 14.9. The van der Waals surface area contributed by atoms with E-state index in [4.69, 9.17) is 0 Å². The molecule has 0 saturated heterocycles. The van der Waals surface area contributed by atoms with E-state index < -0.39 is 0 Å². The Hall–Kier alpha value is -0.890. The molecule has 2 heteroatoms. The third-order valence-electron chi connectivity index (χ3n) is 2.86. The number of aromatic nitrogens is 1. The fraction of sp³-hybridized carbons (Fsp3) is 0.643. The van der Waals surface area contributed by atoms with E-state index in [0.717, 1.165) is 12.5 Å². The summed E-state index contributed by atoms with van der Waals surface area (Å²) in [4.78, 5) is 4.03. The van der Waals surface area contributed by atoms with Gasteiger partial charge in [0.25, 0.3) is 0 Å². The fourth-order valence-electron chi connectivity index (χ4n) is 1.77. The van der Waals surface area contributed by atoms with Gasteiger partial charge < -0.3 is 5.32 Å². The van der Waals surface area contributed by atoms with E-state index in [-0.39, 0.29) is 0 Å². The average Bonchev–Trinajstić information content (AvgIpc) is 2.29. The van der Waals surface area contributed by atoms with E-state index in [1.807, 2.05) is 12.4 Å². The first-order valence-electron chi connectivity index (χ1n) is 6.33. The van der Waals surface area contributed by atoms with E-state index in [9.17, 15) is 0 Å². The number of hydrogen-bond donors (Lipinski definition) is 1. The number of pyridine rings is 1. The molecule has 2 nitrogen and oxygen atoms in total. The van der Waals surface area contributed by atoms with Gasteiger partial charge >= 0.3 is 0 Å². The lowest BCUT2D eigenvalue weighted by atomic mass is 10.1. The van der Waals surface area contributed by atoms with Crippen molar-refractivity contribution in [2.24, 2.45) is 5.92 Å². The Balaban J connectivity index is 2.14. The first kappa shape index (κ1) is 13.2. The lowest BCUT2D eigenvalue weighted by Crippen LogP contribution is -2.19. The molecule has 1 atom stereocenters. The molecule has 0 aliphatic heterocycles. The van der Waals surface area contributed by atoms with Crippen LogP contribution in [0.25, 0.3) is 0 Å². The van der Waals surface area contributed by atoms with E-state index in [2.05, 4.69) is 43.2 Å². The lowest BCUT2D eigenvalue weighted by molar-refractivity contribution is 0.498. The molecule has 1 N–H and O–H groups in total. The van der Waals surface area contributed by atoms with Crippen molar-refractivity contribution < 1.29 is 0 Å². The molecule has 1 aromatic rings. The Kier molecular flexibility index (Phi) is 6.09. The minimum atomic E-state index is 0.432. The van der Waals surface area contributed by atoms with Crippen molar-refractivity contribution in [3.8, 4) is 0 Å². The van der Waals surface area contributed by atoms with Crippen LogP contribution in [0.3, 0.4) is 0 Å². The molecule has 0 radical (unpaired) electrons. The van der Waals surface area contributed by atoms with Crippen LogP contribution < -0.4 is 5.32 Å². The van der Waals surface area contributed by atoms with Gasteiger partial charge in [0.2, 0.25) is 0 Å². The van der Waals surface area contributed by atoms with Crippen LogP contribution in [0.1, 0.15) is 51.6 Å². The van der Waals surface area contributed by atoms with Crippen LogP contribution in [-0.2, 0) is 0 Å². The monoisotopic (exact) mass is 220 g/mol. The molecule has 1 rings (SSSR count). The zero-order valence-corrected chi connectivity index (χ0v) is 10.7. The maximum Gasteiger partial charge on any atom is 0.0292 e. The predicted octanol–water partition coefficient (Wildman–Crippen LogP) is 3.56. The number of nitrogens with zero attached hydrogens (tertiary/aromatic N) is 1. The van der Waals surface area contributed by atoms with Crippen LogP contribution in [0.4, 0.5) is 0 Å². The first-order valence-corrected chi connectivity index (χ1v) is 6.33. The molecule has 0 aliphatic carbocycles. The maximum atomic E-state index is 4.03. The van der Waals surface area contributed by atoms with Crippen molar-refractivity contribution in [3.63, 3.8) is 0 Å². The third kappa shape index (κ3) is 5.26. The Morgan fingerprint density at radius 2 is 1.81 bits per heavy atom. The molecule has 0 bridgehead atoms. The normalized spacial score (nSPS) is 13.0. The van der Waals surface area contributed by atoms with E-state index in [1.165, 1.54) is 24.8 Å². The van der Waals surface area contributed by atoms with Crippen LogP contribution >= 0.6 is 0 Å². The van der Waals surface area contributed by atoms with Gasteiger partial charge in [0.1, 0.15) is 0 Å². The smallest absolute Gasteiger partial charge is 0.0292 e. The Morgan fingerprint density at radius 1 is 1.12 bits per heavy atom. The maximum absolute atomic E-state index is 4.03. The van der Waals surface area contributed by atoms with Gasteiger partial charge in [-0.1, -0.05) is 26.7 Å². The first-order chi connectivity index (χ1) is 7.70. The van der Waals surface area contributed by atoms with Gasteiger partial charge in [0.15, 0.2) is 0 Å².